The number of nitriles is 1. The van der Waals surface area contributed by atoms with Gasteiger partial charge < -0.3 is 14.7 Å². The predicted octanol–water partition coefficient (Wildman–Crippen LogP) is 3.12. The van der Waals surface area contributed by atoms with E-state index in [1.54, 1.807) is 16.9 Å². The minimum atomic E-state index is -2.14. The van der Waals surface area contributed by atoms with Gasteiger partial charge in [0.05, 0.1) is 45.3 Å². The minimum Gasteiger partial charge on any atom is -0.489 e. The number of aliphatic hydroxyl groups is 1. The van der Waals surface area contributed by atoms with Crippen LogP contribution in [0.25, 0.3) is 16.6 Å². The van der Waals surface area contributed by atoms with Gasteiger partial charge in [0.1, 0.15) is 24.2 Å². The Hall–Kier alpha value is -3.16. The Bertz CT molecular complexity index is 1380. The molecular formula is C25H30N6O3S. The Morgan fingerprint density at radius 3 is 2.69 bits per heavy atom. The van der Waals surface area contributed by atoms with Crippen molar-refractivity contribution in [2.24, 2.45) is 10.3 Å². The zero-order chi connectivity index (χ0) is 24.6. The molecule has 10 heteroatoms. The van der Waals surface area contributed by atoms with Crippen molar-refractivity contribution in [3.63, 3.8) is 0 Å². The summed E-state index contributed by atoms with van der Waals surface area (Å²) in [4.78, 5) is 6.82. The normalized spacial score (nSPS) is 18.4. The third kappa shape index (κ3) is 5.11. The largest absolute Gasteiger partial charge is 0.489 e. The number of aromatic nitrogens is 3. The van der Waals surface area contributed by atoms with E-state index in [0.717, 1.165) is 29.8 Å². The van der Waals surface area contributed by atoms with Crippen molar-refractivity contribution in [1.29, 1.82) is 5.26 Å². The lowest BCUT2D eigenvalue weighted by atomic mass is 10.1. The number of anilines is 1. The quantitative estimate of drug-likeness (QED) is 0.536. The van der Waals surface area contributed by atoms with Crippen molar-refractivity contribution in [3.8, 4) is 22.9 Å². The highest BCUT2D eigenvalue weighted by atomic mass is 32.2. The molecule has 1 aliphatic carbocycles. The molecular weight excluding hydrogens is 464 g/mol. The third-order valence-electron chi connectivity index (χ3n) is 6.46. The fourth-order valence-electron chi connectivity index (χ4n) is 4.08. The molecule has 1 N–H and O–H groups in total. The Morgan fingerprint density at radius 1 is 1.29 bits per heavy atom. The van der Waals surface area contributed by atoms with Crippen LogP contribution in [0.15, 0.2) is 41.2 Å². The summed E-state index contributed by atoms with van der Waals surface area (Å²) >= 11 is 0. The summed E-state index contributed by atoms with van der Waals surface area (Å²) < 4.78 is 25.0. The van der Waals surface area contributed by atoms with Gasteiger partial charge in [0.15, 0.2) is 0 Å². The topological polar surface area (TPSA) is 116 Å². The standard InChI is InChI=1S/C25H30N6O3S/c1-18(2)13-29-35(33)9-7-30(8-10-35)23-4-3-19(14-27-23)22-11-21(34-17-25(32)5-6-25)16-31-24(22)20(12-26)15-28-31/h3-4,11,14-16,18,32H,5-10,13,17H2,1-2H3. The molecule has 4 heterocycles. The van der Waals surface area contributed by atoms with Gasteiger partial charge in [0.2, 0.25) is 0 Å². The molecule has 0 unspecified atom stereocenters. The summed E-state index contributed by atoms with van der Waals surface area (Å²) in [6.07, 6.45) is 6.53. The first kappa shape index (κ1) is 23.6. The van der Waals surface area contributed by atoms with Crippen molar-refractivity contribution in [2.45, 2.75) is 32.3 Å². The van der Waals surface area contributed by atoms with E-state index in [4.69, 9.17) is 4.74 Å². The van der Waals surface area contributed by atoms with E-state index < -0.39 is 15.3 Å². The summed E-state index contributed by atoms with van der Waals surface area (Å²) in [6.45, 7) is 6.35. The number of nitrogens with zero attached hydrogens (tertiary/aromatic N) is 6. The van der Waals surface area contributed by atoms with Crippen LogP contribution < -0.4 is 9.64 Å². The second-order valence-corrected chi connectivity index (χ2v) is 12.5. The number of pyridine rings is 2. The first-order valence-electron chi connectivity index (χ1n) is 11.9. The first-order valence-corrected chi connectivity index (χ1v) is 13.8. The zero-order valence-electron chi connectivity index (χ0n) is 20.1. The molecule has 0 amide bonds. The van der Waals surface area contributed by atoms with Crippen LogP contribution in [0.2, 0.25) is 0 Å². The summed E-state index contributed by atoms with van der Waals surface area (Å²) in [5.74, 6) is 2.91. The maximum atomic E-state index is 13.0. The van der Waals surface area contributed by atoms with Gasteiger partial charge in [-0.1, -0.05) is 13.8 Å². The van der Waals surface area contributed by atoms with Crippen molar-refractivity contribution < 1.29 is 14.1 Å². The Labute approximate surface area is 205 Å². The zero-order valence-corrected chi connectivity index (χ0v) is 20.9. The average molecular weight is 495 g/mol. The molecule has 2 fully saturated rings. The smallest absolute Gasteiger partial charge is 0.138 e. The van der Waals surface area contributed by atoms with Crippen LogP contribution in [0.3, 0.4) is 0 Å². The van der Waals surface area contributed by atoms with Crippen LogP contribution in [0, 0.1) is 17.2 Å². The molecule has 1 saturated heterocycles. The van der Waals surface area contributed by atoms with Crippen molar-refractivity contribution in [3.05, 3.63) is 42.4 Å². The van der Waals surface area contributed by atoms with Crippen LogP contribution in [-0.4, -0.2) is 67.3 Å². The molecule has 3 aromatic heterocycles. The number of ether oxygens (including phenoxy) is 1. The first-order chi connectivity index (χ1) is 16.8. The summed E-state index contributed by atoms with van der Waals surface area (Å²) in [6, 6.07) is 8.00. The maximum Gasteiger partial charge on any atom is 0.138 e. The van der Waals surface area contributed by atoms with E-state index >= 15 is 0 Å². The third-order valence-corrected chi connectivity index (χ3v) is 8.72. The van der Waals surface area contributed by atoms with Gasteiger partial charge in [0.25, 0.3) is 0 Å². The van der Waals surface area contributed by atoms with E-state index in [2.05, 4.69) is 39.3 Å². The summed E-state index contributed by atoms with van der Waals surface area (Å²) in [5, 5.41) is 24.0. The van der Waals surface area contributed by atoms with Crippen LogP contribution >= 0.6 is 0 Å². The van der Waals surface area contributed by atoms with Crippen LogP contribution in [0.5, 0.6) is 5.75 Å². The molecule has 9 nitrogen and oxygen atoms in total. The van der Waals surface area contributed by atoms with Gasteiger partial charge >= 0.3 is 0 Å². The Kier molecular flexibility index (Phi) is 6.15. The van der Waals surface area contributed by atoms with Gasteiger partial charge in [-0.25, -0.2) is 18.1 Å². The maximum absolute atomic E-state index is 13.0. The van der Waals surface area contributed by atoms with Gasteiger partial charge in [-0.15, -0.1) is 0 Å². The molecule has 0 bridgehead atoms. The highest BCUT2D eigenvalue weighted by Gasteiger charge is 2.41. The van der Waals surface area contributed by atoms with Crippen molar-refractivity contribution in [1.82, 2.24) is 14.6 Å². The fraction of sp³-hybridized carbons (Fsp3) is 0.480. The van der Waals surface area contributed by atoms with Gasteiger partial charge in [0, 0.05) is 41.9 Å². The molecule has 0 radical (unpaired) electrons. The average Bonchev–Trinajstić information content (AvgIpc) is 3.45. The van der Waals surface area contributed by atoms with E-state index in [1.165, 1.54) is 6.20 Å². The Balaban J connectivity index is 1.39. The SMILES string of the molecule is CC(C)CN=S1(=O)CCN(c2ccc(-c3cc(OCC4(O)CC4)cn4ncc(C#N)c34)cn2)CC1. The monoisotopic (exact) mass is 494 g/mol. The molecule has 3 aromatic rings. The summed E-state index contributed by atoms with van der Waals surface area (Å²) in [7, 11) is -2.14. The Morgan fingerprint density at radius 2 is 2.06 bits per heavy atom. The van der Waals surface area contributed by atoms with Gasteiger partial charge in [-0.3, -0.25) is 0 Å². The van der Waals surface area contributed by atoms with Crippen LogP contribution in [0.4, 0.5) is 5.82 Å². The lowest BCUT2D eigenvalue weighted by Gasteiger charge is -2.30. The summed E-state index contributed by atoms with van der Waals surface area (Å²) in [5.41, 5.74) is 2.03. The molecule has 0 aromatic carbocycles. The van der Waals surface area contributed by atoms with Crippen molar-refractivity contribution >= 4 is 21.1 Å². The van der Waals surface area contributed by atoms with E-state index in [0.29, 0.717) is 53.9 Å². The molecule has 1 saturated carbocycles. The molecule has 0 spiro atoms. The molecule has 5 rings (SSSR count). The number of hydrogen-bond donors (Lipinski definition) is 1. The van der Waals surface area contributed by atoms with Crippen molar-refractivity contribution in [2.75, 3.05) is 42.6 Å². The van der Waals surface area contributed by atoms with E-state index in [9.17, 15) is 14.6 Å². The minimum absolute atomic E-state index is 0.225. The van der Waals surface area contributed by atoms with Crippen LogP contribution in [0.1, 0.15) is 32.3 Å². The fourth-order valence-corrected chi connectivity index (χ4v) is 6.12. The molecule has 184 valence electrons. The van der Waals surface area contributed by atoms with Gasteiger partial charge in [-0.2, -0.15) is 10.4 Å². The molecule has 35 heavy (non-hydrogen) atoms. The number of rotatable bonds is 7. The van der Waals surface area contributed by atoms with Gasteiger partial charge in [-0.05, 0) is 37.0 Å². The van der Waals surface area contributed by atoms with E-state index in [-0.39, 0.29) is 6.61 Å². The lowest BCUT2D eigenvalue weighted by molar-refractivity contribution is 0.0854. The van der Waals surface area contributed by atoms with Crippen LogP contribution in [-0.2, 0) is 9.73 Å². The second-order valence-electron chi connectivity index (χ2n) is 9.84. The number of fused-ring (bicyclic) bond motifs is 1. The second kappa shape index (κ2) is 9.13. The molecule has 0 atom stereocenters. The predicted molar refractivity (Wildman–Crippen MR) is 135 cm³/mol. The lowest BCUT2D eigenvalue weighted by Crippen LogP contribution is -2.40. The number of hydrogen-bond acceptors (Lipinski definition) is 8. The highest BCUT2D eigenvalue weighted by molar-refractivity contribution is 7.93. The highest BCUT2D eigenvalue weighted by Crippen LogP contribution is 2.36. The van der Waals surface area contributed by atoms with E-state index in [1.807, 2.05) is 18.2 Å². The molecule has 1 aliphatic heterocycles. The molecule has 2 aliphatic rings.